The van der Waals surface area contributed by atoms with E-state index in [0.717, 1.165) is 30.1 Å². The number of fused-ring (bicyclic) bond motifs is 5. The van der Waals surface area contributed by atoms with Crippen LogP contribution in [-0.2, 0) is 4.79 Å². The zero-order valence-corrected chi connectivity index (χ0v) is 18.8. The standard InChI is InChI=1S/C28H40O/c1-20(21-9-5-4-6-10-21)28(19-29)18-15-25-23-13-12-22-11-7-8-16-26(22,2)24(23)14-17-27(25,28)3/h4-6,9-10,19-20,22-25H,7-8,11-18H2,1-3H3/t20?,22-,23-,24+,25+,26+,27+,28?/m1/s1. The lowest BCUT2D eigenvalue weighted by molar-refractivity contribution is -0.143. The Balaban J connectivity index is 1.49. The van der Waals surface area contributed by atoms with Crippen LogP contribution >= 0.6 is 0 Å². The number of rotatable bonds is 3. The monoisotopic (exact) mass is 392 g/mol. The third-order valence-electron chi connectivity index (χ3n) is 11.2. The number of aldehydes is 1. The molecule has 1 heteroatoms. The van der Waals surface area contributed by atoms with Crippen molar-refractivity contribution in [2.45, 2.75) is 90.9 Å². The van der Waals surface area contributed by atoms with Crippen LogP contribution in [0.15, 0.2) is 30.3 Å². The van der Waals surface area contributed by atoms with Crippen molar-refractivity contribution in [1.29, 1.82) is 0 Å². The van der Waals surface area contributed by atoms with E-state index in [1.54, 1.807) is 0 Å². The third-order valence-corrected chi connectivity index (χ3v) is 11.2. The zero-order chi connectivity index (χ0) is 20.3. The second-order valence-electron chi connectivity index (χ2n) is 11.7. The number of hydrogen-bond acceptors (Lipinski definition) is 1. The first-order valence-electron chi connectivity index (χ1n) is 12.5. The van der Waals surface area contributed by atoms with Crippen molar-refractivity contribution >= 4 is 6.29 Å². The Hall–Kier alpha value is -1.11. The molecule has 0 saturated heterocycles. The molecule has 0 radical (unpaired) electrons. The highest BCUT2D eigenvalue weighted by atomic mass is 16.1. The van der Waals surface area contributed by atoms with Gasteiger partial charge in [-0.25, -0.2) is 0 Å². The molecule has 1 aromatic carbocycles. The van der Waals surface area contributed by atoms with Gasteiger partial charge in [-0.3, -0.25) is 0 Å². The normalized spacial score (nSPS) is 47.6. The van der Waals surface area contributed by atoms with Gasteiger partial charge >= 0.3 is 0 Å². The lowest BCUT2D eigenvalue weighted by atomic mass is 9.43. The van der Waals surface area contributed by atoms with Gasteiger partial charge < -0.3 is 4.79 Å². The fourth-order valence-corrected chi connectivity index (χ4v) is 9.45. The number of benzene rings is 1. The van der Waals surface area contributed by atoms with E-state index in [4.69, 9.17) is 0 Å². The van der Waals surface area contributed by atoms with Crippen LogP contribution in [0.2, 0.25) is 0 Å². The average Bonchev–Trinajstić information content (AvgIpc) is 3.06. The quantitative estimate of drug-likeness (QED) is 0.489. The Kier molecular flexibility index (Phi) is 4.76. The van der Waals surface area contributed by atoms with Gasteiger partial charge in [0, 0.05) is 5.41 Å². The summed E-state index contributed by atoms with van der Waals surface area (Å²) >= 11 is 0. The molecular weight excluding hydrogens is 352 g/mol. The van der Waals surface area contributed by atoms with Gasteiger partial charge in [0.2, 0.25) is 0 Å². The minimum atomic E-state index is -0.186. The molecule has 0 spiro atoms. The number of hydrogen-bond donors (Lipinski definition) is 0. The van der Waals surface area contributed by atoms with E-state index < -0.39 is 0 Å². The molecule has 4 aliphatic rings. The third kappa shape index (κ3) is 2.61. The molecule has 0 N–H and O–H groups in total. The van der Waals surface area contributed by atoms with Crippen LogP contribution < -0.4 is 0 Å². The molecule has 8 atom stereocenters. The second-order valence-corrected chi connectivity index (χ2v) is 11.7. The molecule has 0 aromatic heterocycles. The van der Waals surface area contributed by atoms with Gasteiger partial charge in [-0.1, -0.05) is 63.9 Å². The Morgan fingerprint density at radius 1 is 0.897 bits per heavy atom. The molecule has 2 unspecified atom stereocenters. The Bertz CT molecular complexity index is 755. The summed E-state index contributed by atoms with van der Waals surface area (Å²) in [7, 11) is 0. The average molecular weight is 393 g/mol. The van der Waals surface area contributed by atoms with Crippen LogP contribution in [0, 0.1) is 39.9 Å². The lowest BCUT2D eigenvalue weighted by Gasteiger charge is -2.62. The Labute approximate surface area is 178 Å². The summed E-state index contributed by atoms with van der Waals surface area (Å²) in [6.45, 7) is 7.51. The van der Waals surface area contributed by atoms with Crippen molar-refractivity contribution in [3.8, 4) is 0 Å². The molecule has 29 heavy (non-hydrogen) atoms. The van der Waals surface area contributed by atoms with Crippen LogP contribution in [0.1, 0.15) is 96.5 Å². The Morgan fingerprint density at radius 2 is 1.66 bits per heavy atom. The van der Waals surface area contributed by atoms with Crippen LogP contribution in [-0.4, -0.2) is 6.29 Å². The molecule has 158 valence electrons. The minimum Gasteiger partial charge on any atom is -0.303 e. The first-order chi connectivity index (χ1) is 14.0. The predicted molar refractivity (Wildman–Crippen MR) is 120 cm³/mol. The highest BCUT2D eigenvalue weighted by molar-refractivity contribution is 5.65. The SMILES string of the molecule is CC(c1ccccc1)C1(C=O)CC[C@H]2[C@@H]3CC[C@H]4CCCC[C@]4(C)[C@H]3CC[C@@]21C. The molecule has 5 rings (SSSR count). The molecule has 4 fully saturated rings. The lowest BCUT2D eigenvalue weighted by Crippen LogP contribution is -2.55. The first-order valence-corrected chi connectivity index (χ1v) is 12.5. The van der Waals surface area contributed by atoms with Crippen LogP contribution in [0.4, 0.5) is 0 Å². The molecule has 0 bridgehead atoms. The molecule has 4 aliphatic carbocycles. The fourth-order valence-electron chi connectivity index (χ4n) is 9.45. The first kappa shape index (κ1) is 19.8. The Morgan fingerprint density at radius 3 is 2.41 bits per heavy atom. The van der Waals surface area contributed by atoms with Crippen LogP contribution in [0.5, 0.6) is 0 Å². The van der Waals surface area contributed by atoms with Gasteiger partial charge in [0.05, 0.1) is 0 Å². The second kappa shape index (κ2) is 6.96. The van der Waals surface area contributed by atoms with Gasteiger partial charge in [-0.15, -0.1) is 0 Å². The molecule has 1 nitrogen and oxygen atoms in total. The molecule has 1 aromatic rings. The van der Waals surface area contributed by atoms with Crippen molar-refractivity contribution in [3.05, 3.63) is 35.9 Å². The van der Waals surface area contributed by atoms with E-state index in [1.165, 1.54) is 69.6 Å². The largest absolute Gasteiger partial charge is 0.303 e. The molecule has 4 saturated carbocycles. The predicted octanol–water partition coefficient (Wildman–Crippen LogP) is 7.41. The smallest absolute Gasteiger partial charge is 0.127 e. The van der Waals surface area contributed by atoms with Gasteiger partial charge in [-0.05, 0) is 97.3 Å². The summed E-state index contributed by atoms with van der Waals surface area (Å²) in [5.74, 6) is 3.81. The highest BCUT2D eigenvalue weighted by Gasteiger charge is 2.65. The summed E-state index contributed by atoms with van der Waals surface area (Å²) in [4.78, 5) is 12.9. The molecule has 0 amide bonds. The summed E-state index contributed by atoms with van der Waals surface area (Å²) < 4.78 is 0. The van der Waals surface area contributed by atoms with E-state index in [-0.39, 0.29) is 10.8 Å². The summed E-state index contributed by atoms with van der Waals surface area (Å²) in [6.07, 6.45) is 15.1. The fraction of sp³-hybridized carbons (Fsp3) is 0.750. The zero-order valence-electron chi connectivity index (χ0n) is 18.8. The number of carbonyl (C=O) groups is 1. The van der Waals surface area contributed by atoms with Crippen molar-refractivity contribution in [3.63, 3.8) is 0 Å². The molecular formula is C28H40O. The van der Waals surface area contributed by atoms with Crippen molar-refractivity contribution in [2.24, 2.45) is 39.9 Å². The van der Waals surface area contributed by atoms with Crippen molar-refractivity contribution in [2.75, 3.05) is 0 Å². The van der Waals surface area contributed by atoms with Crippen LogP contribution in [0.25, 0.3) is 0 Å². The maximum atomic E-state index is 12.9. The van der Waals surface area contributed by atoms with Gasteiger partial charge in [0.1, 0.15) is 6.29 Å². The van der Waals surface area contributed by atoms with E-state index >= 15 is 0 Å². The van der Waals surface area contributed by atoms with Crippen molar-refractivity contribution in [1.82, 2.24) is 0 Å². The van der Waals surface area contributed by atoms with E-state index in [0.29, 0.717) is 11.3 Å². The van der Waals surface area contributed by atoms with E-state index in [2.05, 4.69) is 51.1 Å². The topological polar surface area (TPSA) is 17.1 Å². The molecule has 0 heterocycles. The summed E-state index contributed by atoms with van der Waals surface area (Å²) in [5.41, 5.74) is 1.92. The van der Waals surface area contributed by atoms with Gasteiger partial charge in [0.25, 0.3) is 0 Å². The van der Waals surface area contributed by atoms with Gasteiger partial charge in [-0.2, -0.15) is 0 Å². The summed E-state index contributed by atoms with van der Waals surface area (Å²) in [5, 5.41) is 0. The van der Waals surface area contributed by atoms with E-state index in [9.17, 15) is 4.79 Å². The van der Waals surface area contributed by atoms with Crippen LogP contribution in [0.3, 0.4) is 0 Å². The molecule has 0 aliphatic heterocycles. The maximum Gasteiger partial charge on any atom is 0.127 e. The maximum absolute atomic E-state index is 12.9. The number of carbonyl (C=O) groups excluding carboxylic acids is 1. The highest BCUT2D eigenvalue weighted by Crippen LogP contribution is 2.72. The van der Waals surface area contributed by atoms with Crippen molar-refractivity contribution < 1.29 is 4.79 Å². The van der Waals surface area contributed by atoms with Gasteiger partial charge in [0.15, 0.2) is 0 Å². The van der Waals surface area contributed by atoms with E-state index in [1.807, 2.05) is 0 Å². The minimum absolute atomic E-state index is 0.170. The summed E-state index contributed by atoms with van der Waals surface area (Å²) in [6, 6.07) is 10.9.